The van der Waals surface area contributed by atoms with Crippen LogP contribution in [0.1, 0.15) is 48.9 Å². The Bertz CT molecular complexity index is 1090. The zero-order valence-corrected chi connectivity index (χ0v) is 14.7. The monoisotopic (exact) mass is 368 g/mol. The molecule has 8 heteroatoms. The highest BCUT2D eigenvalue weighted by Gasteiger charge is 2.40. The second kappa shape index (κ2) is 6.53. The zero-order chi connectivity index (χ0) is 19.0. The van der Waals surface area contributed by atoms with Crippen molar-refractivity contribution in [3.63, 3.8) is 0 Å². The number of amides is 1. The molecule has 0 spiro atoms. The van der Waals surface area contributed by atoms with Gasteiger partial charge in [0.2, 0.25) is 0 Å². The Kier molecular flexibility index (Phi) is 4.18. The van der Waals surface area contributed by atoms with Crippen LogP contribution in [0.4, 0.5) is 0 Å². The first kappa shape index (κ1) is 17.3. The highest BCUT2D eigenvalue weighted by molar-refractivity contribution is 6.03. The fourth-order valence-electron chi connectivity index (χ4n) is 3.85. The first-order valence-corrected chi connectivity index (χ1v) is 9.06. The fourth-order valence-corrected chi connectivity index (χ4v) is 3.85. The molecule has 2 aromatic heterocycles. The minimum Gasteiger partial charge on any atom is -0.480 e. The van der Waals surface area contributed by atoms with Gasteiger partial charge < -0.3 is 15.4 Å². The molecule has 8 nitrogen and oxygen atoms in total. The van der Waals surface area contributed by atoms with Gasteiger partial charge >= 0.3 is 5.97 Å². The van der Waals surface area contributed by atoms with Crippen molar-refractivity contribution in [1.29, 1.82) is 0 Å². The summed E-state index contributed by atoms with van der Waals surface area (Å²) >= 11 is 0. The van der Waals surface area contributed by atoms with Gasteiger partial charge in [0, 0.05) is 0 Å². The van der Waals surface area contributed by atoms with Gasteiger partial charge in [0.25, 0.3) is 11.5 Å². The summed E-state index contributed by atoms with van der Waals surface area (Å²) in [5, 5.41) is 17.2. The van der Waals surface area contributed by atoms with Crippen LogP contribution in [0.2, 0.25) is 0 Å². The Morgan fingerprint density at radius 1 is 1.15 bits per heavy atom. The number of aromatic nitrogens is 3. The van der Waals surface area contributed by atoms with E-state index in [1.165, 1.54) is 10.7 Å². The van der Waals surface area contributed by atoms with Crippen LogP contribution < -0.4 is 10.9 Å². The van der Waals surface area contributed by atoms with Crippen LogP contribution in [0.3, 0.4) is 0 Å². The van der Waals surface area contributed by atoms with E-state index in [1.807, 2.05) is 0 Å². The molecule has 1 fully saturated rings. The van der Waals surface area contributed by atoms with Gasteiger partial charge in [0.1, 0.15) is 16.7 Å². The quantitative estimate of drug-likeness (QED) is 0.612. The number of carboxylic acid groups (broad SMARTS) is 1. The van der Waals surface area contributed by atoms with E-state index in [4.69, 9.17) is 0 Å². The summed E-state index contributed by atoms with van der Waals surface area (Å²) in [6, 6.07) is 6.97. The van der Waals surface area contributed by atoms with E-state index in [-0.39, 0.29) is 16.8 Å². The first-order chi connectivity index (χ1) is 13.0. The van der Waals surface area contributed by atoms with E-state index in [2.05, 4.69) is 15.4 Å². The summed E-state index contributed by atoms with van der Waals surface area (Å²) in [6.45, 7) is 0. The van der Waals surface area contributed by atoms with Gasteiger partial charge in [-0.1, -0.05) is 37.8 Å². The number of benzene rings is 1. The van der Waals surface area contributed by atoms with Gasteiger partial charge in [-0.15, -0.1) is 0 Å². The van der Waals surface area contributed by atoms with E-state index in [1.54, 1.807) is 24.3 Å². The van der Waals surface area contributed by atoms with Crippen molar-refractivity contribution < 1.29 is 14.7 Å². The van der Waals surface area contributed by atoms with E-state index >= 15 is 0 Å². The molecular weight excluding hydrogens is 348 g/mol. The lowest BCUT2D eigenvalue weighted by Crippen LogP contribution is -2.54. The van der Waals surface area contributed by atoms with Gasteiger partial charge in [-0.2, -0.15) is 5.10 Å². The molecule has 0 saturated heterocycles. The summed E-state index contributed by atoms with van der Waals surface area (Å²) in [4.78, 5) is 39.9. The van der Waals surface area contributed by atoms with E-state index in [0.717, 1.165) is 25.7 Å². The number of carbonyl (C=O) groups excluding carboxylic acids is 1. The minimum absolute atomic E-state index is 0.155. The van der Waals surface area contributed by atoms with Gasteiger partial charge in [-0.3, -0.25) is 9.59 Å². The third-order valence-corrected chi connectivity index (χ3v) is 5.34. The maximum absolute atomic E-state index is 12.9. The van der Waals surface area contributed by atoms with Crippen LogP contribution in [0.5, 0.6) is 0 Å². The Morgan fingerprint density at radius 2 is 1.85 bits per heavy atom. The Hall–Kier alpha value is -3.16. The molecule has 0 radical (unpaired) electrons. The molecular formula is C19H20N4O4. The number of aromatic amines is 1. The molecule has 140 valence electrons. The number of carbonyl (C=O) groups is 2. The smallest absolute Gasteiger partial charge is 0.329 e. The molecule has 0 atom stereocenters. The number of nitrogens with one attached hydrogen (secondary N) is 2. The molecule has 0 bridgehead atoms. The third kappa shape index (κ3) is 2.87. The lowest BCUT2D eigenvalue weighted by Gasteiger charge is -2.29. The van der Waals surface area contributed by atoms with Crippen molar-refractivity contribution in [3.8, 4) is 0 Å². The molecule has 0 unspecified atom stereocenters. The zero-order valence-electron chi connectivity index (χ0n) is 14.7. The van der Waals surface area contributed by atoms with Crippen molar-refractivity contribution in [3.05, 3.63) is 46.4 Å². The summed E-state index contributed by atoms with van der Waals surface area (Å²) in [6.07, 6.45) is 5.58. The largest absolute Gasteiger partial charge is 0.480 e. The maximum Gasteiger partial charge on any atom is 0.329 e. The number of hydrogen-bond donors (Lipinski definition) is 3. The predicted octanol–water partition coefficient (Wildman–Crippen LogP) is 2.08. The van der Waals surface area contributed by atoms with Crippen LogP contribution in [0, 0.1) is 0 Å². The molecule has 1 aliphatic rings. The van der Waals surface area contributed by atoms with Gasteiger partial charge in [0.05, 0.1) is 17.1 Å². The van der Waals surface area contributed by atoms with E-state index < -0.39 is 17.4 Å². The summed E-state index contributed by atoms with van der Waals surface area (Å²) in [5.74, 6) is -1.56. The standard InChI is InChI=1S/C19H20N4O4/c24-16-12-7-3-4-8-14(12)23-15(21-16)13(11-20-23)17(25)22-19(18(26)27)9-5-1-2-6-10-19/h3-4,7-8,11H,1-2,5-6,9-10H2,(H,21,24)(H,22,25)(H,26,27). The lowest BCUT2D eigenvalue weighted by molar-refractivity contribution is -0.145. The Labute approximate surface area is 154 Å². The first-order valence-electron chi connectivity index (χ1n) is 9.06. The molecule has 1 aromatic carbocycles. The number of para-hydroxylation sites is 1. The number of hydrogen-bond acceptors (Lipinski definition) is 4. The third-order valence-electron chi connectivity index (χ3n) is 5.34. The SMILES string of the molecule is O=C(NC1(C(=O)O)CCCCCC1)c1cnn2c1[nH]c(=O)c1ccccc12. The number of rotatable bonds is 3. The second-order valence-corrected chi connectivity index (χ2v) is 7.05. The van der Waals surface area contributed by atoms with Crippen molar-refractivity contribution in [1.82, 2.24) is 19.9 Å². The number of carboxylic acids is 1. The lowest BCUT2D eigenvalue weighted by atomic mass is 9.90. The fraction of sp³-hybridized carbons (Fsp3) is 0.368. The Morgan fingerprint density at radius 3 is 2.56 bits per heavy atom. The highest BCUT2D eigenvalue weighted by Crippen LogP contribution is 2.28. The second-order valence-electron chi connectivity index (χ2n) is 7.05. The predicted molar refractivity (Wildman–Crippen MR) is 98.9 cm³/mol. The Balaban J connectivity index is 1.77. The van der Waals surface area contributed by atoms with Crippen molar-refractivity contribution in [2.45, 2.75) is 44.1 Å². The average molecular weight is 368 g/mol. The van der Waals surface area contributed by atoms with Crippen LogP contribution >= 0.6 is 0 Å². The highest BCUT2D eigenvalue weighted by atomic mass is 16.4. The summed E-state index contributed by atoms with van der Waals surface area (Å²) in [5.41, 5.74) is -0.611. The molecule has 4 rings (SSSR count). The van der Waals surface area contributed by atoms with Crippen molar-refractivity contribution in [2.75, 3.05) is 0 Å². The topological polar surface area (TPSA) is 117 Å². The van der Waals surface area contributed by atoms with E-state index in [9.17, 15) is 19.5 Å². The average Bonchev–Trinajstić information content (AvgIpc) is 2.93. The van der Waals surface area contributed by atoms with Crippen LogP contribution in [-0.2, 0) is 4.79 Å². The molecule has 1 aliphatic carbocycles. The molecule has 1 saturated carbocycles. The van der Waals surface area contributed by atoms with Gasteiger partial charge in [0.15, 0.2) is 0 Å². The van der Waals surface area contributed by atoms with Crippen molar-refractivity contribution >= 4 is 28.4 Å². The summed E-state index contributed by atoms with van der Waals surface area (Å²) < 4.78 is 1.49. The van der Waals surface area contributed by atoms with Crippen LogP contribution in [0.15, 0.2) is 35.3 Å². The van der Waals surface area contributed by atoms with Crippen LogP contribution in [0.25, 0.3) is 16.6 Å². The molecule has 3 aromatic rings. The molecule has 2 heterocycles. The van der Waals surface area contributed by atoms with E-state index in [0.29, 0.717) is 23.7 Å². The maximum atomic E-state index is 12.9. The number of nitrogens with zero attached hydrogens (tertiary/aromatic N) is 2. The van der Waals surface area contributed by atoms with Gasteiger partial charge in [-0.05, 0) is 25.0 Å². The number of fused-ring (bicyclic) bond motifs is 3. The molecule has 0 aliphatic heterocycles. The van der Waals surface area contributed by atoms with Crippen LogP contribution in [-0.4, -0.2) is 37.1 Å². The summed E-state index contributed by atoms with van der Waals surface area (Å²) in [7, 11) is 0. The van der Waals surface area contributed by atoms with Gasteiger partial charge in [-0.25, -0.2) is 9.31 Å². The minimum atomic E-state index is -1.28. The molecule has 27 heavy (non-hydrogen) atoms. The molecule has 3 N–H and O–H groups in total. The normalized spacial score (nSPS) is 16.9. The number of H-pyrrole nitrogens is 1. The molecule has 1 amide bonds. The number of aliphatic carboxylic acids is 1. The van der Waals surface area contributed by atoms with Crippen molar-refractivity contribution in [2.24, 2.45) is 0 Å².